The summed E-state index contributed by atoms with van der Waals surface area (Å²) < 4.78 is 0. The molecule has 0 aromatic heterocycles. The second kappa shape index (κ2) is 11.0. The number of nitrogens with zero attached hydrogens (tertiary/aromatic N) is 4. The lowest BCUT2D eigenvalue weighted by atomic mass is 10.0. The molecular weight excluding hydrogens is 442 g/mol. The number of benzene rings is 3. The Morgan fingerprint density at radius 1 is 0.971 bits per heavy atom. The largest absolute Gasteiger partial charge is 0.378 e. The third-order valence-electron chi connectivity index (χ3n) is 6.45. The zero-order chi connectivity index (χ0) is 24.8. The third-order valence-corrected chi connectivity index (χ3v) is 6.45. The van der Waals surface area contributed by atoms with Crippen LogP contribution in [-0.4, -0.2) is 62.5 Å². The molecule has 1 heterocycles. The molecule has 182 valence electrons. The van der Waals surface area contributed by atoms with Crippen LogP contribution in [0.2, 0.25) is 0 Å². The predicted molar refractivity (Wildman–Crippen MR) is 139 cm³/mol. The second-order valence-electron chi connectivity index (χ2n) is 8.88. The lowest BCUT2D eigenvalue weighted by molar-refractivity contribution is -0.384. The zero-order valence-electron chi connectivity index (χ0n) is 20.1. The van der Waals surface area contributed by atoms with E-state index in [1.54, 1.807) is 6.07 Å². The predicted octanol–water partition coefficient (Wildman–Crippen LogP) is 3.95. The van der Waals surface area contributed by atoms with Gasteiger partial charge >= 0.3 is 0 Å². The molecule has 1 saturated heterocycles. The number of nitrogens with one attached hydrogen (secondary N) is 1. The van der Waals surface area contributed by atoms with Gasteiger partial charge in [-0.1, -0.05) is 36.4 Å². The molecule has 0 radical (unpaired) electrons. The Hall–Kier alpha value is -3.91. The van der Waals surface area contributed by atoms with E-state index in [1.165, 1.54) is 23.9 Å². The van der Waals surface area contributed by atoms with Crippen LogP contribution < -0.4 is 15.1 Å². The Bertz CT molecular complexity index is 1140. The summed E-state index contributed by atoms with van der Waals surface area (Å²) >= 11 is 0. The van der Waals surface area contributed by atoms with Crippen LogP contribution in [0, 0.1) is 10.1 Å². The fraction of sp³-hybridized carbons (Fsp3) is 0.296. The summed E-state index contributed by atoms with van der Waals surface area (Å²) in [6.45, 7) is 3.93. The Balaban J connectivity index is 1.49. The topological polar surface area (TPSA) is 82.0 Å². The van der Waals surface area contributed by atoms with Gasteiger partial charge in [-0.15, -0.1) is 0 Å². The van der Waals surface area contributed by atoms with Gasteiger partial charge in [0.25, 0.3) is 11.6 Å². The molecule has 1 aliphatic heterocycles. The van der Waals surface area contributed by atoms with E-state index in [9.17, 15) is 14.9 Å². The van der Waals surface area contributed by atoms with Gasteiger partial charge in [-0.25, -0.2) is 0 Å². The van der Waals surface area contributed by atoms with Crippen LogP contribution in [-0.2, 0) is 0 Å². The van der Waals surface area contributed by atoms with Crippen LogP contribution >= 0.6 is 0 Å². The first-order valence-corrected chi connectivity index (χ1v) is 11.8. The molecule has 8 nitrogen and oxygen atoms in total. The third kappa shape index (κ3) is 5.96. The van der Waals surface area contributed by atoms with E-state index < -0.39 is 4.92 Å². The van der Waals surface area contributed by atoms with Crippen LogP contribution in [0.25, 0.3) is 0 Å². The molecule has 0 spiro atoms. The average Bonchev–Trinajstić information content (AvgIpc) is 2.90. The van der Waals surface area contributed by atoms with Crippen molar-refractivity contribution in [3.63, 3.8) is 0 Å². The molecule has 0 bridgehead atoms. The maximum atomic E-state index is 12.9. The minimum Gasteiger partial charge on any atom is -0.378 e. The number of hydrogen-bond acceptors (Lipinski definition) is 6. The van der Waals surface area contributed by atoms with Gasteiger partial charge in [0.05, 0.1) is 11.0 Å². The molecule has 0 saturated carbocycles. The highest BCUT2D eigenvalue weighted by atomic mass is 16.6. The summed E-state index contributed by atoms with van der Waals surface area (Å²) in [5.74, 6) is -0.313. The first-order chi connectivity index (χ1) is 16.9. The molecule has 1 atom stereocenters. The Morgan fingerprint density at radius 3 is 2.29 bits per heavy atom. The van der Waals surface area contributed by atoms with Gasteiger partial charge in [0, 0.05) is 75.9 Å². The number of nitro benzene ring substituents is 1. The minimum atomic E-state index is -0.488. The lowest BCUT2D eigenvalue weighted by Crippen LogP contribution is -2.50. The normalized spacial score (nSPS) is 14.9. The van der Waals surface area contributed by atoms with Crippen molar-refractivity contribution in [3.8, 4) is 0 Å². The maximum Gasteiger partial charge on any atom is 0.270 e. The average molecular weight is 474 g/mol. The van der Waals surface area contributed by atoms with Crippen LogP contribution in [0.4, 0.5) is 17.1 Å². The Morgan fingerprint density at radius 2 is 1.66 bits per heavy atom. The van der Waals surface area contributed by atoms with Crippen molar-refractivity contribution in [2.45, 2.75) is 6.04 Å². The smallest absolute Gasteiger partial charge is 0.270 e. The summed E-state index contributed by atoms with van der Waals surface area (Å²) in [4.78, 5) is 30.3. The second-order valence-corrected chi connectivity index (χ2v) is 8.88. The first-order valence-electron chi connectivity index (χ1n) is 11.8. The summed E-state index contributed by atoms with van der Waals surface area (Å²) in [6.07, 6.45) is 0. The molecule has 1 fully saturated rings. The van der Waals surface area contributed by atoms with Crippen molar-refractivity contribution in [2.75, 3.05) is 56.6 Å². The SMILES string of the molecule is CN(C)c1ccc(C(CNC(=O)c2cccc([N+](=O)[O-])c2)N2CCN(c3ccccc3)CC2)cc1. The number of non-ortho nitro benzene ring substituents is 1. The van der Waals surface area contributed by atoms with E-state index in [0.717, 1.165) is 37.4 Å². The van der Waals surface area contributed by atoms with Crippen LogP contribution in [0.15, 0.2) is 78.9 Å². The minimum absolute atomic E-state index is 0.00761. The highest BCUT2D eigenvalue weighted by Crippen LogP contribution is 2.26. The number of carbonyl (C=O) groups excluding carboxylic acids is 1. The van der Waals surface area contributed by atoms with E-state index >= 15 is 0 Å². The van der Waals surface area contributed by atoms with Gasteiger partial charge in [0.1, 0.15) is 0 Å². The quantitative estimate of drug-likeness (QED) is 0.394. The molecular formula is C27H31N5O3. The number of amides is 1. The van der Waals surface area contributed by atoms with Gasteiger partial charge < -0.3 is 15.1 Å². The van der Waals surface area contributed by atoms with E-state index in [0.29, 0.717) is 6.54 Å². The zero-order valence-corrected chi connectivity index (χ0v) is 20.1. The molecule has 1 unspecified atom stereocenters. The maximum absolute atomic E-state index is 12.9. The van der Waals surface area contributed by atoms with E-state index in [2.05, 4.69) is 68.5 Å². The number of para-hydroxylation sites is 1. The molecule has 1 aliphatic rings. The van der Waals surface area contributed by atoms with Crippen molar-refractivity contribution < 1.29 is 9.72 Å². The Kier molecular flexibility index (Phi) is 7.62. The van der Waals surface area contributed by atoms with Crippen LogP contribution in [0.5, 0.6) is 0 Å². The molecule has 8 heteroatoms. The van der Waals surface area contributed by atoms with E-state index in [1.807, 2.05) is 20.2 Å². The van der Waals surface area contributed by atoms with Gasteiger partial charge in [0.15, 0.2) is 0 Å². The standard InChI is InChI=1S/C27H31N5O3/c1-29(2)23-13-11-21(12-14-23)26(20-28-27(33)22-7-6-10-25(19-22)32(34)35)31-17-15-30(16-18-31)24-8-4-3-5-9-24/h3-14,19,26H,15-18,20H2,1-2H3,(H,28,33). The van der Waals surface area contributed by atoms with E-state index in [-0.39, 0.29) is 23.2 Å². The number of rotatable bonds is 8. The van der Waals surface area contributed by atoms with Gasteiger partial charge in [-0.05, 0) is 35.9 Å². The van der Waals surface area contributed by atoms with Crippen LogP contribution in [0.3, 0.4) is 0 Å². The van der Waals surface area contributed by atoms with Gasteiger partial charge in [0.2, 0.25) is 0 Å². The van der Waals surface area contributed by atoms with E-state index in [4.69, 9.17) is 0 Å². The highest BCUT2D eigenvalue weighted by molar-refractivity contribution is 5.94. The number of carbonyl (C=O) groups is 1. The number of piperazine rings is 1. The molecule has 3 aromatic rings. The Labute approximate surface area is 205 Å². The fourth-order valence-electron chi connectivity index (χ4n) is 4.44. The van der Waals surface area contributed by atoms with Gasteiger partial charge in [-0.2, -0.15) is 0 Å². The van der Waals surface area contributed by atoms with Crippen molar-refractivity contribution in [2.24, 2.45) is 0 Å². The lowest BCUT2D eigenvalue weighted by Gasteiger charge is -2.40. The highest BCUT2D eigenvalue weighted by Gasteiger charge is 2.26. The molecule has 1 N–H and O–H groups in total. The van der Waals surface area contributed by atoms with Crippen molar-refractivity contribution in [3.05, 3.63) is 100 Å². The monoisotopic (exact) mass is 473 g/mol. The van der Waals surface area contributed by atoms with Crippen molar-refractivity contribution >= 4 is 23.0 Å². The molecule has 0 aliphatic carbocycles. The van der Waals surface area contributed by atoms with Crippen LogP contribution in [0.1, 0.15) is 22.0 Å². The fourth-order valence-corrected chi connectivity index (χ4v) is 4.44. The molecule has 4 rings (SSSR count). The van der Waals surface area contributed by atoms with Crippen molar-refractivity contribution in [1.82, 2.24) is 10.2 Å². The van der Waals surface area contributed by atoms with Gasteiger partial charge in [-0.3, -0.25) is 19.8 Å². The molecule has 35 heavy (non-hydrogen) atoms. The summed E-state index contributed by atoms with van der Waals surface area (Å²) in [5, 5.41) is 14.1. The summed E-state index contributed by atoms with van der Waals surface area (Å²) in [6, 6.07) is 24.6. The number of anilines is 2. The van der Waals surface area contributed by atoms with Crippen molar-refractivity contribution in [1.29, 1.82) is 0 Å². The summed E-state index contributed by atoms with van der Waals surface area (Å²) in [5.41, 5.74) is 3.66. The number of nitro groups is 1. The number of hydrogen-bond donors (Lipinski definition) is 1. The first kappa shape index (κ1) is 24.2. The molecule has 3 aromatic carbocycles. The molecule has 1 amide bonds. The summed E-state index contributed by atoms with van der Waals surface area (Å²) in [7, 11) is 4.02.